The van der Waals surface area contributed by atoms with Gasteiger partial charge in [0, 0.05) is 24.3 Å². The smallest absolute Gasteiger partial charge is 0.269 e. The maximum absolute atomic E-state index is 14.1. The Morgan fingerprint density at radius 2 is 2.11 bits per heavy atom. The summed E-state index contributed by atoms with van der Waals surface area (Å²) in [5.41, 5.74) is 0.420. The van der Waals surface area contributed by atoms with Crippen LogP contribution in [0.5, 0.6) is 0 Å². The zero-order valence-corrected chi connectivity index (χ0v) is 15.5. The molecule has 2 heterocycles. The number of hydrogen-bond donors (Lipinski definition) is 0. The fourth-order valence-corrected chi connectivity index (χ4v) is 4.13. The summed E-state index contributed by atoms with van der Waals surface area (Å²) in [4.78, 5) is 29.3. The van der Waals surface area contributed by atoms with Crippen LogP contribution in [0.3, 0.4) is 0 Å². The lowest BCUT2D eigenvalue weighted by Gasteiger charge is -2.23. The van der Waals surface area contributed by atoms with E-state index < -0.39 is 10.7 Å². The van der Waals surface area contributed by atoms with E-state index in [-0.39, 0.29) is 29.8 Å². The largest absolute Gasteiger partial charge is 0.376 e. The van der Waals surface area contributed by atoms with E-state index in [1.54, 1.807) is 12.1 Å². The molecule has 1 atom stereocenters. The highest BCUT2D eigenvalue weighted by Gasteiger charge is 2.27. The molecule has 0 saturated carbocycles. The molecule has 28 heavy (non-hydrogen) atoms. The molecule has 1 aliphatic rings. The molecule has 0 aliphatic carbocycles. The molecule has 0 radical (unpaired) electrons. The number of nitrogens with zero attached hydrogens (tertiary/aromatic N) is 3. The van der Waals surface area contributed by atoms with Crippen molar-refractivity contribution in [1.82, 2.24) is 4.98 Å². The van der Waals surface area contributed by atoms with Gasteiger partial charge < -0.3 is 4.74 Å². The van der Waals surface area contributed by atoms with E-state index in [9.17, 15) is 19.3 Å². The number of aromatic nitrogens is 1. The van der Waals surface area contributed by atoms with Crippen LogP contribution < -0.4 is 4.90 Å². The number of benzene rings is 2. The molecule has 3 aromatic rings. The highest BCUT2D eigenvalue weighted by Crippen LogP contribution is 2.32. The number of carbonyl (C=O) groups excluding carboxylic acids is 1. The van der Waals surface area contributed by atoms with Crippen LogP contribution >= 0.6 is 11.3 Å². The van der Waals surface area contributed by atoms with Gasteiger partial charge >= 0.3 is 0 Å². The molecule has 1 saturated heterocycles. The van der Waals surface area contributed by atoms with E-state index in [2.05, 4.69) is 4.98 Å². The van der Waals surface area contributed by atoms with Gasteiger partial charge in [0.05, 0.1) is 22.3 Å². The van der Waals surface area contributed by atoms with Gasteiger partial charge in [0.2, 0.25) is 0 Å². The van der Waals surface area contributed by atoms with Gasteiger partial charge in [0.1, 0.15) is 11.3 Å². The summed E-state index contributed by atoms with van der Waals surface area (Å²) in [6, 6.07) is 10.1. The molecule has 1 aromatic heterocycles. The average molecular weight is 401 g/mol. The van der Waals surface area contributed by atoms with Crippen molar-refractivity contribution < 1.29 is 18.8 Å². The number of hydrogen-bond acceptors (Lipinski definition) is 6. The molecule has 1 aliphatic heterocycles. The van der Waals surface area contributed by atoms with Crippen molar-refractivity contribution in [2.75, 3.05) is 18.1 Å². The Bertz CT molecular complexity index is 1030. The molecule has 0 spiro atoms. The third-order valence-electron chi connectivity index (χ3n) is 4.57. The minimum Gasteiger partial charge on any atom is -0.376 e. The summed E-state index contributed by atoms with van der Waals surface area (Å²) in [6.45, 7) is 0.927. The van der Waals surface area contributed by atoms with Crippen molar-refractivity contribution in [3.63, 3.8) is 0 Å². The molecule has 4 rings (SSSR count). The highest BCUT2D eigenvalue weighted by atomic mass is 32.1. The molecule has 144 valence electrons. The van der Waals surface area contributed by atoms with Crippen molar-refractivity contribution in [3.8, 4) is 0 Å². The van der Waals surface area contributed by atoms with Gasteiger partial charge in [-0.05, 0) is 37.1 Å². The Hall–Kier alpha value is -2.91. The molecule has 9 heteroatoms. The number of fused-ring (bicyclic) bond motifs is 1. The third-order valence-corrected chi connectivity index (χ3v) is 5.61. The summed E-state index contributed by atoms with van der Waals surface area (Å²) >= 11 is 1.22. The van der Waals surface area contributed by atoms with Crippen LogP contribution in [-0.4, -0.2) is 35.1 Å². The second-order valence-electron chi connectivity index (χ2n) is 6.44. The van der Waals surface area contributed by atoms with Crippen LogP contribution in [0.15, 0.2) is 42.5 Å². The number of carbonyl (C=O) groups is 1. The van der Waals surface area contributed by atoms with Crippen molar-refractivity contribution in [3.05, 3.63) is 64.0 Å². The number of nitro benzene ring substituents is 1. The number of nitro groups is 1. The topological polar surface area (TPSA) is 85.6 Å². The van der Waals surface area contributed by atoms with Gasteiger partial charge in [-0.3, -0.25) is 19.8 Å². The Kier molecular flexibility index (Phi) is 5.01. The van der Waals surface area contributed by atoms with E-state index in [1.165, 1.54) is 46.6 Å². The average Bonchev–Trinajstić information content (AvgIpc) is 3.36. The van der Waals surface area contributed by atoms with Gasteiger partial charge in [0.25, 0.3) is 11.6 Å². The first kappa shape index (κ1) is 18.5. The fraction of sp³-hybridized carbons (Fsp3) is 0.263. The zero-order chi connectivity index (χ0) is 19.7. The standard InChI is InChI=1S/C19H16FN3O4S/c20-15-4-1-5-16-17(15)21-19(28-16)22(11-14-3-2-10-27-14)18(24)12-6-8-13(9-7-12)23(25)26/h1,4-9,14H,2-3,10-11H2. The van der Waals surface area contributed by atoms with Gasteiger partial charge in [0.15, 0.2) is 5.13 Å². The molecule has 1 amide bonds. The number of para-hydroxylation sites is 1. The van der Waals surface area contributed by atoms with Gasteiger partial charge in [-0.25, -0.2) is 9.37 Å². The van der Waals surface area contributed by atoms with Crippen LogP contribution in [-0.2, 0) is 4.74 Å². The molecule has 2 aromatic carbocycles. The van der Waals surface area contributed by atoms with Crippen LogP contribution in [0.25, 0.3) is 10.2 Å². The van der Waals surface area contributed by atoms with Crippen LogP contribution in [0, 0.1) is 15.9 Å². The van der Waals surface area contributed by atoms with Crippen molar-refractivity contribution in [2.45, 2.75) is 18.9 Å². The summed E-state index contributed by atoms with van der Waals surface area (Å²) in [5.74, 6) is -0.801. The Morgan fingerprint density at radius 1 is 1.32 bits per heavy atom. The maximum Gasteiger partial charge on any atom is 0.269 e. The number of amides is 1. The van der Waals surface area contributed by atoms with Gasteiger partial charge in [-0.2, -0.15) is 0 Å². The van der Waals surface area contributed by atoms with E-state index in [0.717, 1.165) is 12.8 Å². The van der Waals surface area contributed by atoms with Crippen molar-refractivity contribution >= 4 is 38.3 Å². The number of rotatable bonds is 5. The molecule has 0 N–H and O–H groups in total. The lowest BCUT2D eigenvalue weighted by Crippen LogP contribution is -2.37. The summed E-state index contributed by atoms with van der Waals surface area (Å²) < 4.78 is 20.4. The normalized spacial score (nSPS) is 16.4. The number of anilines is 1. The molecular weight excluding hydrogens is 385 g/mol. The predicted molar refractivity (Wildman–Crippen MR) is 103 cm³/mol. The van der Waals surface area contributed by atoms with E-state index in [0.29, 0.717) is 22.0 Å². The second-order valence-corrected chi connectivity index (χ2v) is 7.45. The van der Waals surface area contributed by atoms with Crippen molar-refractivity contribution in [2.24, 2.45) is 0 Å². The van der Waals surface area contributed by atoms with E-state index in [4.69, 9.17) is 4.74 Å². The molecule has 1 fully saturated rings. The molecule has 7 nitrogen and oxygen atoms in total. The Morgan fingerprint density at radius 3 is 2.75 bits per heavy atom. The summed E-state index contributed by atoms with van der Waals surface area (Å²) in [6.07, 6.45) is 1.61. The first-order valence-electron chi connectivity index (χ1n) is 8.76. The highest BCUT2D eigenvalue weighted by molar-refractivity contribution is 7.22. The first-order chi connectivity index (χ1) is 13.5. The minimum atomic E-state index is -0.519. The Balaban J connectivity index is 1.70. The van der Waals surface area contributed by atoms with E-state index >= 15 is 0 Å². The van der Waals surface area contributed by atoms with E-state index in [1.807, 2.05) is 0 Å². The third kappa shape index (κ3) is 3.58. The number of non-ortho nitro benzene ring substituents is 1. The second kappa shape index (κ2) is 7.61. The molecule has 1 unspecified atom stereocenters. The summed E-state index contributed by atoms with van der Waals surface area (Å²) in [5, 5.41) is 11.2. The van der Waals surface area contributed by atoms with Crippen LogP contribution in [0.1, 0.15) is 23.2 Å². The predicted octanol–water partition coefficient (Wildman–Crippen LogP) is 4.17. The van der Waals surface area contributed by atoms with Gasteiger partial charge in [-0.1, -0.05) is 17.4 Å². The van der Waals surface area contributed by atoms with Crippen LogP contribution in [0.4, 0.5) is 15.2 Å². The van der Waals surface area contributed by atoms with Gasteiger partial charge in [-0.15, -0.1) is 0 Å². The first-order valence-corrected chi connectivity index (χ1v) is 9.57. The lowest BCUT2D eigenvalue weighted by atomic mass is 10.1. The quantitative estimate of drug-likeness (QED) is 0.473. The lowest BCUT2D eigenvalue weighted by molar-refractivity contribution is -0.384. The fourth-order valence-electron chi connectivity index (χ4n) is 3.14. The minimum absolute atomic E-state index is 0.0933. The SMILES string of the molecule is O=C(c1ccc([N+](=O)[O-])cc1)N(CC1CCCO1)c1nc2c(F)cccc2s1. The monoisotopic (exact) mass is 401 g/mol. The summed E-state index contributed by atoms with van der Waals surface area (Å²) in [7, 11) is 0. The van der Waals surface area contributed by atoms with Crippen molar-refractivity contribution in [1.29, 1.82) is 0 Å². The number of halogens is 1. The van der Waals surface area contributed by atoms with Crippen LogP contribution in [0.2, 0.25) is 0 Å². The maximum atomic E-state index is 14.1. The molecule has 0 bridgehead atoms. The number of thiazole rings is 1. The Labute approximate surface area is 163 Å². The molecular formula is C19H16FN3O4S. The number of ether oxygens (including phenoxy) is 1. The zero-order valence-electron chi connectivity index (χ0n) is 14.7.